The molecule has 0 amide bonds. The highest BCUT2D eigenvalue weighted by Gasteiger charge is 2.40. The van der Waals surface area contributed by atoms with Crippen LogP contribution in [0, 0.1) is 0 Å². The minimum absolute atomic E-state index is 0.323. The van der Waals surface area contributed by atoms with Gasteiger partial charge in [-0.2, -0.15) is 0 Å². The summed E-state index contributed by atoms with van der Waals surface area (Å²) in [5, 5.41) is 0. The summed E-state index contributed by atoms with van der Waals surface area (Å²) >= 11 is 0. The van der Waals surface area contributed by atoms with Gasteiger partial charge in [0.25, 0.3) is 0 Å². The normalized spacial score (nSPS) is 28.3. The van der Waals surface area contributed by atoms with Crippen LogP contribution in [-0.4, -0.2) is 22.0 Å². The molecule has 1 saturated heterocycles. The third kappa shape index (κ3) is 2.18. The van der Waals surface area contributed by atoms with Crippen molar-refractivity contribution in [2.75, 3.05) is 0 Å². The molecule has 23 heavy (non-hydrogen) atoms. The molecule has 0 saturated carbocycles. The fraction of sp³-hybridized carbons (Fsp3) is 0.450. The summed E-state index contributed by atoms with van der Waals surface area (Å²) in [6.07, 6.45) is 6.99. The molecule has 0 radical (unpaired) electrons. The summed E-state index contributed by atoms with van der Waals surface area (Å²) in [5.74, 6) is 1.08. The molecular formula is C20H22N2O. The molecule has 1 aromatic heterocycles. The third-order valence-corrected chi connectivity index (χ3v) is 5.68. The average molecular weight is 306 g/mol. The van der Waals surface area contributed by atoms with Crippen LogP contribution in [0.5, 0.6) is 5.75 Å². The number of hydrogen-bond donors (Lipinski definition) is 0. The topological polar surface area (TPSA) is 25.4 Å². The van der Waals surface area contributed by atoms with E-state index in [1.54, 1.807) is 0 Å². The highest BCUT2D eigenvalue weighted by molar-refractivity contribution is 5.41. The lowest BCUT2D eigenvalue weighted by Gasteiger charge is -2.35. The van der Waals surface area contributed by atoms with Crippen LogP contribution in [0.15, 0.2) is 36.5 Å². The molecule has 0 spiro atoms. The highest BCUT2D eigenvalue weighted by atomic mass is 16.5. The van der Waals surface area contributed by atoms with Crippen molar-refractivity contribution in [3.8, 4) is 5.75 Å². The quantitative estimate of drug-likeness (QED) is 0.846. The first-order valence-electron chi connectivity index (χ1n) is 8.76. The zero-order valence-corrected chi connectivity index (χ0v) is 13.5. The summed E-state index contributed by atoms with van der Waals surface area (Å²) in [6, 6.07) is 12.3. The van der Waals surface area contributed by atoms with Gasteiger partial charge in [0.1, 0.15) is 11.9 Å². The molecule has 2 aromatic rings. The second-order valence-corrected chi connectivity index (χ2v) is 7.24. The summed E-state index contributed by atoms with van der Waals surface area (Å²) in [7, 11) is 0. The molecule has 5 rings (SSSR count). The van der Waals surface area contributed by atoms with Crippen LogP contribution in [0.25, 0.3) is 0 Å². The molecule has 0 N–H and O–H groups in total. The number of pyridine rings is 1. The molecule has 1 fully saturated rings. The van der Waals surface area contributed by atoms with E-state index in [0.717, 1.165) is 25.1 Å². The molecule has 4 heterocycles. The van der Waals surface area contributed by atoms with Gasteiger partial charge in [-0.15, -0.1) is 0 Å². The van der Waals surface area contributed by atoms with Gasteiger partial charge in [-0.1, -0.05) is 18.2 Å². The standard InChI is InChI=1S/C20H22N2O/c1-13-9-15-10-14(4-7-20(15)23-13)12-22-16-5-6-19(22)17-3-2-8-21-18(17)11-16/h2-4,7-8,10,13,16,19H,5-6,9,11-12H2,1H3/t13-,16-,19-/m1/s1. The predicted molar refractivity (Wildman–Crippen MR) is 89.5 cm³/mol. The van der Waals surface area contributed by atoms with E-state index in [1.165, 1.54) is 35.2 Å². The van der Waals surface area contributed by atoms with Crippen LogP contribution >= 0.6 is 0 Å². The third-order valence-electron chi connectivity index (χ3n) is 5.68. The van der Waals surface area contributed by atoms with Crippen molar-refractivity contribution in [2.24, 2.45) is 0 Å². The van der Waals surface area contributed by atoms with Crippen molar-refractivity contribution in [3.05, 3.63) is 58.9 Å². The zero-order valence-electron chi connectivity index (χ0n) is 13.5. The van der Waals surface area contributed by atoms with Gasteiger partial charge < -0.3 is 4.74 Å². The van der Waals surface area contributed by atoms with Gasteiger partial charge >= 0.3 is 0 Å². The Bertz CT molecular complexity index is 757. The van der Waals surface area contributed by atoms with E-state index in [9.17, 15) is 0 Å². The minimum atomic E-state index is 0.323. The molecule has 118 valence electrons. The first-order chi connectivity index (χ1) is 11.3. The number of aromatic nitrogens is 1. The van der Waals surface area contributed by atoms with Gasteiger partial charge in [0.2, 0.25) is 0 Å². The highest BCUT2D eigenvalue weighted by Crippen LogP contribution is 2.44. The molecule has 3 aliphatic rings. The van der Waals surface area contributed by atoms with Crippen LogP contribution in [0.4, 0.5) is 0 Å². The van der Waals surface area contributed by atoms with E-state index in [-0.39, 0.29) is 0 Å². The van der Waals surface area contributed by atoms with Gasteiger partial charge in [-0.05, 0) is 48.6 Å². The lowest BCUT2D eigenvalue weighted by atomic mass is 9.97. The summed E-state index contributed by atoms with van der Waals surface area (Å²) in [6.45, 7) is 3.19. The maximum absolute atomic E-state index is 5.83. The van der Waals surface area contributed by atoms with E-state index in [4.69, 9.17) is 4.74 Å². The number of hydrogen-bond acceptors (Lipinski definition) is 3. The average Bonchev–Trinajstić information content (AvgIpc) is 3.04. The van der Waals surface area contributed by atoms with Crippen molar-refractivity contribution in [2.45, 2.75) is 57.3 Å². The van der Waals surface area contributed by atoms with Crippen LogP contribution in [0.2, 0.25) is 0 Å². The minimum Gasteiger partial charge on any atom is -0.490 e. The summed E-state index contributed by atoms with van der Waals surface area (Å²) < 4.78 is 5.83. The Morgan fingerprint density at radius 1 is 1.22 bits per heavy atom. The molecule has 2 bridgehead atoms. The van der Waals surface area contributed by atoms with Gasteiger partial charge in [0.15, 0.2) is 0 Å². The zero-order chi connectivity index (χ0) is 15.4. The van der Waals surface area contributed by atoms with E-state index in [2.05, 4.69) is 47.1 Å². The van der Waals surface area contributed by atoms with Crippen LogP contribution in [0.3, 0.4) is 0 Å². The molecule has 1 aromatic carbocycles. The van der Waals surface area contributed by atoms with E-state index >= 15 is 0 Å². The second-order valence-electron chi connectivity index (χ2n) is 7.24. The number of nitrogens with zero attached hydrogens (tertiary/aromatic N) is 2. The number of fused-ring (bicyclic) bond motifs is 5. The van der Waals surface area contributed by atoms with Gasteiger partial charge in [-0.25, -0.2) is 0 Å². The van der Waals surface area contributed by atoms with E-state index in [1.807, 2.05) is 6.20 Å². The number of rotatable bonds is 2. The van der Waals surface area contributed by atoms with E-state index in [0.29, 0.717) is 18.2 Å². The number of ether oxygens (including phenoxy) is 1. The number of benzene rings is 1. The maximum atomic E-state index is 5.83. The van der Waals surface area contributed by atoms with Gasteiger partial charge in [0.05, 0.1) is 0 Å². The molecule has 3 atom stereocenters. The Hall–Kier alpha value is -1.87. The summed E-state index contributed by atoms with van der Waals surface area (Å²) in [5.41, 5.74) is 5.58. The van der Waals surface area contributed by atoms with Crippen molar-refractivity contribution in [1.29, 1.82) is 0 Å². The molecule has 3 aliphatic heterocycles. The largest absolute Gasteiger partial charge is 0.490 e. The van der Waals surface area contributed by atoms with Crippen LogP contribution in [0.1, 0.15) is 48.2 Å². The molecule has 0 aliphatic carbocycles. The molecule has 3 heteroatoms. The Morgan fingerprint density at radius 3 is 3.13 bits per heavy atom. The fourth-order valence-corrected chi connectivity index (χ4v) is 4.66. The molecule has 3 nitrogen and oxygen atoms in total. The molecular weight excluding hydrogens is 284 g/mol. The monoisotopic (exact) mass is 306 g/mol. The SMILES string of the molecule is C[C@@H]1Cc2cc(CN3[C@@H]4CC[C@@H]3c3cccnc3C4)ccc2O1. The van der Waals surface area contributed by atoms with Crippen molar-refractivity contribution < 1.29 is 4.74 Å². The predicted octanol–water partition coefficient (Wildman–Crippen LogP) is 3.67. The van der Waals surface area contributed by atoms with Gasteiger partial charge in [-0.3, -0.25) is 9.88 Å². The maximum Gasteiger partial charge on any atom is 0.123 e. The van der Waals surface area contributed by atoms with Crippen molar-refractivity contribution in [1.82, 2.24) is 9.88 Å². The van der Waals surface area contributed by atoms with Gasteiger partial charge in [0, 0.05) is 43.4 Å². The van der Waals surface area contributed by atoms with Crippen molar-refractivity contribution in [3.63, 3.8) is 0 Å². The smallest absolute Gasteiger partial charge is 0.123 e. The Labute approximate surface area is 137 Å². The first-order valence-corrected chi connectivity index (χ1v) is 8.76. The van der Waals surface area contributed by atoms with Crippen molar-refractivity contribution >= 4 is 0 Å². The Morgan fingerprint density at radius 2 is 2.17 bits per heavy atom. The second kappa shape index (κ2) is 5.07. The van der Waals surface area contributed by atoms with E-state index < -0.39 is 0 Å². The summed E-state index contributed by atoms with van der Waals surface area (Å²) in [4.78, 5) is 7.31. The van der Waals surface area contributed by atoms with Crippen LogP contribution in [-0.2, 0) is 19.4 Å². The molecule has 0 unspecified atom stereocenters. The first kappa shape index (κ1) is 13.6. The Kier molecular flexibility index (Phi) is 2.99. The Balaban J connectivity index is 1.43. The lowest BCUT2D eigenvalue weighted by molar-refractivity contribution is 0.166. The van der Waals surface area contributed by atoms with Crippen LogP contribution < -0.4 is 4.74 Å². The lowest BCUT2D eigenvalue weighted by Crippen LogP contribution is -2.37. The fourth-order valence-electron chi connectivity index (χ4n) is 4.66.